The van der Waals surface area contributed by atoms with Crippen molar-refractivity contribution in [2.24, 2.45) is 5.92 Å². The standard InChI is InChI=1S/C9H19NO5/c1-9(4-7-15-10(12)13)8-14-6-3-2-5-11/h9,11H,2-8H2,1H3. The van der Waals surface area contributed by atoms with E-state index >= 15 is 0 Å². The second-order valence-corrected chi connectivity index (χ2v) is 3.46. The maximum Gasteiger partial charge on any atom is 0.294 e. The molecular formula is C9H19NO5. The molecule has 0 spiro atoms. The summed E-state index contributed by atoms with van der Waals surface area (Å²) in [6.07, 6.45) is 2.20. The Labute approximate surface area is 89.3 Å². The van der Waals surface area contributed by atoms with Crippen molar-refractivity contribution < 1.29 is 19.8 Å². The molecule has 0 aromatic heterocycles. The van der Waals surface area contributed by atoms with Gasteiger partial charge in [-0.1, -0.05) is 6.92 Å². The number of aliphatic hydroxyl groups excluding tert-OH is 1. The second kappa shape index (κ2) is 9.67. The summed E-state index contributed by atoms with van der Waals surface area (Å²) in [4.78, 5) is 14.0. The quantitative estimate of drug-likeness (QED) is 0.338. The first-order valence-corrected chi connectivity index (χ1v) is 5.12. The van der Waals surface area contributed by atoms with Crippen LogP contribution in [0.5, 0.6) is 0 Å². The molecule has 1 unspecified atom stereocenters. The monoisotopic (exact) mass is 221 g/mol. The van der Waals surface area contributed by atoms with E-state index in [2.05, 4.69) is 4.84 Å². The molecule has 0 amide bonds. The number of rotatable bonds is 10. The van der Waals surface area contributed by atoms with Crippen LogP contribution in [0, 0.1) is 16.0 Å². The molecule has 6 heteroatoms. The van der Waals surface area contributed by atoms with Crippen LogP contribution in [0.1, 0.15) is 26.2 Å². The van der Waals surface area contributed by atoms with E-state index in [0.717, 1.165) is 12.8 Å². The van der Waals surface area contributed by atoms with Crippen LogP contribution in [-0.4, -0.2) is 36.6 Å². The zero-order valence-corrected chi connectivity index (χ0v) is 9.05. The van der Waals surface area contributed by atoms with Crippen molar-refractivity contribution in [3.63, 3.8) is 0 Å². The smallest absolute Gasteiger partial charge is 0.294 e. The van der Waals surface area contributed by atoms with Crippen molar-refractivity contribution in [1.29, 1.82) is 0 Å². The summed E-state index contributed by atoms with van der Waals surface area (Å²) in [5.74, 6) is 0.249. The fourth-order valence-corrected chi connectivity index (χ4v) is 1.01. The maximum atomic E-state index is 9.84. The van der Waals surface area contributed by atoms with Gasteiger partial charge in [0.25, 0.3) is 5.09 Å². The average molecular weight is 221 g/mol. The summed E-state index contributed by atoms with van der Waals surface area (Å²) in [6.45, 7) is 3.46. The normalized spacial score (nSPS) is 12.4. The fraction of sp³-hybridized carbons (Fsp3) is 1.00. The predicted molar refractivity (Wildman–Crippen MR) is 53.9 cm³/mol. The average Bonchev–Trinajstić information content (AvgIpc) is 2.17. The Morgan fingerprint density at radius 1 is 1.40 bits per heavy atom. The third-order valence-corrected chi connectivity index (χ3v) is 1.91. The number of hydrogen-bond acceptors (Lipinski definition) is 5. The summed E-state index contributed by atoms with van der Waals surface area (Å²) in [5.41, 5.74) is 0. The molecule has 1 atom stereocenters. The molecule has 0 saturated carbocycles. The highest BCUT2D eigenvalue weighted by Gasteiger charge is 2.03. The lowest BCUT2D eigenvalue weighted by atomic mass is 10.1. The highest BCUT2D eigenvalue weighted by Crippen LogP contribution is 2.03. The van der Waals surface area contributed by atoms with E-state index in [0.29, 0.717) is 19.6 Å². The Balaban J connectivity index is 3.18. The largest absolute Gasteiger partial charge is 0.396 e. The molecule has 0 aromatic carbocycles. The van der Waals surface area contributed by atoms with Gasteiger partial charge in [0.1, 0.15) is 0 Å². The molecular weight excluding hydrogens is 202 g/mol. The maximum absolute atomic E-state index is 9.84. The molecule has 0 aliphatic rings. The molecule has 0 aromatic rings. The number of nitrogens with zero attached hydrogens (tertiary/aromatic N) is 1. The Hall–Kier alpha value is -0.880. The van der Waals surface area contributed by atoms with Crippen molar-refractivity contribution in [3.8, 4) is 0 Å². The summed E-state index contributed by atoms with van der Waals surface area (Å²) in [7, 11) is 0. The van der Waals surface area contributed by atoms with Crippen LogP contribution >= 0.6 is 0 Å². The Morgan fingerprint density at radius 2 is 2.13 bits per heavy atom. The summed E-state index contributed by atoms with van der Waals surface area (Å²) >= 11 is 0. The Morgan fingerprint density at radius 3 is 2.73 bits per heavy atom. The van der Waals surface area contributed by atoms with E-state index < -0.39 is 5.09 Å². The van der Waals surface area contributed by atoms with Crippen molar-refractivity contribution in [2.75, 3.05) is 26.4 Å². The number of unbranched alkanes of at least 4 members (excludes halogenated alkanes) is 1. The highest BCUT2D eigenvalue weighted by atomic mass is 16.9. The van der Waals surface area contributed by atoms with Gasteiger partial charge in [0.2, 0.25) is 0 Å². The van der Waals surface area contributed by atoms with E-state index in [9.17, 15) is 10.1 Å². The van der Waals surface area contributed by atoms with Gasteiger partial charge in [-0.3, -0.25) is 0 Å². The van der Waals surface area contributed by atoms with Crippen molar-refractivity contribution in [2.45, 2.75) is 26.2 Å². The van der Waals surface area contributed by atoms with Crippen LogP contribution in [0.15, 0.2) is 0 Å². The highest BCUT2D eigenvalue weighted by molar-refractivity contribution is 4.49. The van der Waals surface area contributed by atoms with E-state index in [1.54, 1.807) is 0 Å². The molecule has 1 N–H and O–H groups in total. The van der Waals surface area contributed by atoms with Gasteiger partial charge in [0.15, 0.2) is 0 Å². The first kappa shape index (κ1) is 14.1. The van der Waals surface area contributed by atoms with Crippen LogP contribution in [0.4, 0.5) is 0 Å². The first-order valence-electron chi connectivity index (χ1n) is 5.12. The summed E-state index contributed by atoms with van der Waals surface area (Å²) in [6, 6.07) is 0. The minimum absolute atomic E-state index is 0.119. The molecule has 6 nitrogen and oxygen atoms in total. The van der Waals surface area contributed by atoms with Crippen LogP contribution in [0.3, 0.4) is 0 Å². The van der Waals surface area contributed by atoms with Crippen LogP contribution < -0.4 is 0 Å². The lowest BCUT2D eigenvalue weighted by molar-refractivity contribution is -0.758. The van der Waals surface area contributed by atoms with Gasteiger partial charge in [-0.15, -0.1) is 10.1 Å². The molecule has 0 fully saturated rings. The predicted octanol–water partition coefficient (Wildman–Crippen LogP) is 1.01. The molecule has 0 radical (unpaired) electrons. The number of aliphatic hydroxyl groups is 1. The molecule has 0 saturated heterocycles. The SMILES string of the molecule is CC(CCO[N+](=O)[O-])COCCCCO. The van der Waals surface area contributed by atoms with Crippen molar-refractivity contribution >= 4 is 0 Å². The number of ether oxygens (including phenoxy) is 1. The van der Waals surface area contributed by atoms with E-state index in [-0.39, 0.29) is 19.1 Å². The molecule has 0 rings (SSSR count). The second-order valence-electron chi connectivity index (χ2n) is 3.46. The first-order chi connectivity index (χ1) is 7.16. The minimum Gasteiger partial charge on any atom is -0.396 e. The van der Waals surface area contributed by atoms with Gasteiger partial charge < -0.3 is 14.7 Å². The van der Waals surface area contributed by atoms with Gasteiger partial charge in [-0.25, -0.2) is 0 Å². The zero-order chi connectivity index (χ0) is 11.5. The fourth-order valence-electron chi connectivity index (χ4n) is 1.01. The third-order valence-electron chi connectivity index (χ3n) is 1.91. The van der Waals surface area contributed by atoms with E-state index in [1.807, 2.05) is 6.92 Å². The van der Waals surface area contributed by atoms with E-state index in [4.69, 9.17) is 9.84 Å². The zero-order valence-electron chi connectivity index (χ0n) is 9.05. The van der Waals surface area contributed by atoms with Gasteiger partial charge >= 0.3 is 0 Å². The minimum atomic E-state index is -0.783. The van der Waals surface area contributed by atoms with Gasteiger partial charge in [-0.05, 0) is 25.2 Å². The third kappa shape index (κ3) is 11.0. The Kier molecular flexibility index (Phi) is 9.10. The van der Waals surface area contributed by atoms with Gasteiger partial charge in [-0.2, -0.15) is 0 Å². The van der Waals surface area contributed by atoms with E-state index in [1.165, 1.54) is 0 Å². The molecule has 0 aliphatic carbocycles. The summed E-state index contributed by atoms with van der Waals surface area (Å²) < 4.78 is 5.32. The molecule has 15 heavy (non-hydrogen) atoms. The number of hydrogen-bond donors (Lipinski definition) is 1. The lowest BCUT2D eigenvalue weighted by Gasteiger charge is -2.10. The van der Waals surface area contributed by atoms with Crippen LogP contribution in [-0.2, 0) is 9.57 Å². The van der Waals surface area contributed by atoms with Crippen LogP contribution in [0.2, 0.25) is 0 Å². The van der Waals surface area contributed by atoms with Crippen molar-refractivity contribution in [1.82, 2.24) is 0 Å². The van der Waals surface area contributed by atoms with Crippen molar-refractivity contribution in [3.05, 3.63) is 10.1 Å². The lowest BCUT2D eigenvalue weighted by Crippen LogP contribution is -2.11. The molecule has 90 valence electrons. The van der Waals surface area contributed by atoms with Crippen LogP contribution in [0.25, 0.3) is 0 Å². The molecule has 0 heterocycles. The molecule has 0 aliphatic heterocycles. The Bertz CT molecular complexity index is 165. The summed E-state index contributed by atoms with van der Waals surface area (Å²) in [5, 5.41) is 17.6. The van der Waals surface area contributed by atoms with Gasteiger partial charge in [0, 0.05) is 19.8 Å². The topological polar surface area (TPSA) is 81.8 Å². The molecule has 0 bridgehead atoms. The van der Waals surface area contributed by atoms with Gasteiger partial charge in [0.05, 0.1) is 6.61 Å².